The molecule has 1 saturated heterocycles. The summed E-state index contributed by atoms with van der Waals surface area (Å²) in [6.45, 7) is 9.55. The number of likely N-dealkylation sites (tertiary alicyclic amines) is 1. The first kappa shape index (κ1) is 21.6. The molecule has 1 aliphatic heterocycles. The van der Waals surface area contributed by atoms with Gasteiger partial charge in [0.1, 0.15) is 23.3 Å². The number of nitrogens with zero attached hydrogens (tertiary/aromatic N) is 1. The van der Waals surface area contributed by atoms with Crippen molar-refractivity contribution in [1.82, 2.24) is 4.90 Å². The molecule has 1 atom stereocenters. The molecule has 7 nitrogen and oxygen atoms in total. The van der Waals surface area contributed by atoms with Gasteiger partial charge in [0.15, 0.2) is 0 Å². The third-order valence-corrected chi connectivity index (χ3v) is 5.50. The number of ether oxygens (including phenoxy) is 1. The van der Waals surface area contributed by atoms with Crippen molar-refractivity contribution in [2.45, 2.75) is 26.8 Å². The van der Waals surface area contributed by atoms with Crippen molar-refractivity contribution >= 4 is 17.4 Å². The molecule has 2 N–H and O–H groups in total. The number of quaternary nitrogens is 1. The minimum atomic E-state index is -0.749. The van der Waals surface area contributed by atoms with E-state index in [1.807, 2.05) is 6.92 Å². The maximum Gasteiger partial charge on any atom is 0.295 e. The number of rotatable bonds is 9. The van der Waals surface area contributed by atoms with Gasteiger partial charge in [-0.05, 0) is 57.2 Å². The first-order chi connectivity index (χ1) is 14.5. The van der Waals surface area contributed by atoms with Crippen molar-refractivity contribution in [2.24, 2.45) is 0 Å². The van der Waals surface area contributed by atoms with Gasteiger partial charge in [-0.15, -0.1) is 0 Å². The highest BCUT2D eigenvalue weighted by Crippen LogP contribution is 2.39. The molecule has 2 heterocycles. The maximum absolute atomic E-state index is 12.9. The largest absolute Gasteiger partial charge is 0.507 e. The number of aliphatic hydroxyl groups is 1. The average molecular weight is 413 g/mol. The lowest BCUT2D eigenvalue weighted by Crippen LogP contribution is -3.12. The number of nitrogens with one attached hydrogen (secondary N) is 1. The zero-order valence-corrected chi connectivity index (χ0v) is 17.7. The van der Waals surface area contributed by atoms with E-state index in [2.05, 4.69) is 13.8 Å². The second-order valence-corrected chi connectivity index (χ2v) is 7.17. The van der Waals surface area contributed by atoms with Crippen molar-refractivity contribution < 1.29 is 28.7 Å². The quantitative estimate of drug-likeness (QED) is 0.373. The molecule has 1 aromatic heterocycles. The fourth-order valence-electron chi connectivity index (χ4n) is 3.77. The van der Waals surface area contributed by atoms with Crippen molar-refractivity contribution in [3.05, 3.63) is 59.6 Å². The molecule has 2 aromatic rings. The summed E-state index contributed by atoms with van der Waals surface area (Å²) in [4.78, 5) is 28.6. The van der Waals surface area contributed by atoms with Gasteiger partial charge in [-0.1, -0.05) is 0 Å². The topological polar surface area (TPSA) is 84.4 Å². The van der Waals surface area contributed by atoms with Gasteiger partial charge in [-0.3, -0.25) is 9.59 Å². The van der Waals surface area contributed by atoms with E-state index >= 15 is 0 Å². The van der Waals surface area contributed by atoms with Gasteiger partial charge in [0.05, 0.1) is 44.6 Å². The van der Waals surface area contributed by atoms with E-state index in [-0.39, 0.29) is 11.3 Å². The van der Waals surface area contributed by atoms with Crippen LogP contribution in [-0.4, -0.2) is 54.5 Å². The fourth-order valence-corrected chi connectivity index (χ4v) is 3.77. The molecule has 0 bridgehead atoms. The zero-order valence-electron chi connectivity index (χ0n) is 17.7. The summed E-state index contributed by atoms with van der Waals surface area (Å²) >= 11 is 0. The minimum Gasteiger partial charge on any atom is -0.507 e. The zero-order chi connectivity index (χ0) is 21.7. The average Bonchev–Trinajstić information content (AvgIpc) is 3.37. The third-order valence-electron chi connectivity index (χ3n) is 5.50. The Hall–Kier alpha value is -3.06. The number of carbonyl (C=O) groups is 2. The van der Waals surface area contributed by atoms with E-state index in [1.165, 1.54) is 16.1 Å². The summed E-state index contributed by atoms with van der Waals surface area (Å²) in [6, 6.07) is 9.48. The van der Waals surface area contributed by atoms with Crippen LogP contribution < -0.4 is 9.64 Å². The van der Waals surface area contributed by atoms with Gasteiger partial charge >= 0.3 is 0 Å². The number of likely N-dealkylation sites (N-methyl/N-ethyl adjacent to an activating group) is 1. The van der Waals surface area contributed by atoms with E-state index in [0.29, 0.717) is 36.8 Å². The van der Waals surface area contributed by atoms with Gasteiger partial charge in [-0.25, -0.2) is 0 Å². The fraction of sp³-hybridized carbons (Fsp3) is 0.391. The Balaban J connectivity index is 1.99. The summed E-state index contributed by atoms with van der Waals surface area (Å²) in [6.07, 6.45) is 1.50. The lowest BCUT2D eigenvalue weighted by molar-refractivity contribution is -0.895. The molecule has 0 unspecified atom stereocenters. The first-order valence-electron chi connectivity index (χ1n) is 10.4. The summed E-state index contributed by atoms with van der Waals surface area (Å²) < 4.78 is 11.0. The van der Waals surface area contributed by atoms with Gasteiger partial charge in [-0.2, -0.15) is 0 Å². The number of aliphatic hydroxyl groups excluding tert-OH is 1. The number of carbonyl (C=O) groups excluding carboxylic acids is 2. The van der Waals surface area contributed by atoms with E-state index in [4.69, 9.17) is 9.15 Å². The van der Waals surface area contributed by atoms with Crippen molar-refractivity contribution in [1.29, 1.82) is 0 Å². The number of ketones is 1. The van der Waals surface area contributed by atoms with Crippen molar-refractivity contribution in [3.8, 4) is 5.75 Å². The van der Waals surface area contributed by atoms with Crippen LogP contribution in [0, 0.1) is 0 Å². The normalized spacial score (nSPS) is 18.4. The highest BCUT2D eigenvalue weighted by Gasteiger charge is 2.47. The van der Waals surface area contributed by atoms with E-state index < -0.39 is 17.7 Å². The molecule has 0 radical (unpaired) electrons. The molecule has 160 valence electrons. The Morgan fingerprint density at radius 1 is 1.13 bits per heavy atom. The molecule has 0 spiro atoms. The van der Waals surface area contributed by atoms with Crippen LogP contribution in [0.5, 0.6) is 5.75 Å². The van der Waals surface area contributed by atoms with Gasteiger partial charge < -0.3 is 24.1 Å². The minimum absolute atomic E-state index is 0.0497. The molecular formula is C23H29N2O5+. The smallest absolute Gasteiger partial charge is 0.295 e. The van der Waals surface area contributed by atoms with Crippen LogP contribution in [0.2, 0.25) is 0 Å². The summed E-state index contributed by atoms with van der Waals surface area (Å²) in [7, 11) is 0. The highest BCUT2D eigenvalue weighted by atomic mass is 16.5. The lowest BCUT2D eigenvalue weighted by Gasteiger charge is -2.25. The number of hydrogen-bond donors (Lipinski definition) is 2. The van der Waals surface area contributed by atoms with Gasteiger partial charge in [0.25, 0.3) is 11.7 Å². The Bertz CT molecular complexity index is 898. The molecule has 7 heteroatoms. The van der Waals surface area contributed by atoms with Gasteiger partial charge in [0.2, 0.25) is 0 Å². The first-order valence-corrected chi connectivity index (χ1v) is 10.4. The van der Waals surface area contributed by atoms with Crippen LogP contribution >= 0.6 is 0 Å². The predicted octanol–water partition coefficient (Wildman–Crippen LogP) is 2.02. The molecule has 0 aliphatic carbocycles. The van der Waals surface area contributed by atoms with Crippen LogP contribution in [0.25, 0.3) is 5.76 Å². The standard InChI is InChI=1S/C23H28N2O5/c1-4-24(5-2)13-14-25-20(18-8-7-15-30-18)19(22(27)23(25)28)21(26)16-9-11-17(12-10-16)29-6-3/h7-12,15,20,26H,4-6,13-14H2,1-3H3/p+1/b21-19-/t20-/m0/s1. The predicted molar refractivity (Wildman–Crippen MR) is 112 cm³/mol. The molecule has 0 saturated carbocycles. The third kappa shape index (κ3) is 4.26. The van der Waals surface area contributed by atoms with Crippen LogP contribution in [0.1, 0.15) is 38.1 Å². The monoisotopic (exact) mass is 413 g/mol. The highest BCUT2D eigenvalue weighted by molar-refractivity contribution is 6.46. The molecule has 30 heavy (non-hydrogen) atoms. The van der Waals surface area contributed by atoms with Crippen LogP contribution in [-0.2, 0) is 9.59 Å². The Morgan fingerprint density at radius 2 is 1.83 bits per heavy atom. The molecule has 1 fully saturated rings. The number of furan rings is 1. The SMILES string of the molecule is CCOc1ccc(/C(O)=C2/C(=O)C(=O)N(CC[NH+](CC)CC)[C@H]2c2ccco2)cc1. The summed E-state index contributed by atoms with van der Waals surface area (Å²) in [5, 5.41) is 11.0. The Morgan fingerprint density at radius 3 is 2.40 bits per heavy atom. The van der Waals surface area contributed by atoms with E-state index in [1.54, 1.807) is 36.4 Å². The number of Topliss-reactive ketones (excluding diaryl/α,β-unsaturated/α-hetero) is 1. The Labute approximate surface area is 176 Å². The number of hydrogen-bond acceptors (Lipinski definition) is 5. The molecule has 3 rings (SSSR count). The summed E-state index contributed by atoms with van der Waals surface area (Å²) in [5.74, 6) is -0.404. The maximum atomic E-state index is 12.9. The van der Waals surface area contributed by atoms with E-state index in [0.717, 1.165) is 13.1 Å². The molecule has 1 aliphatic rings. The number of benzene rings is 1. The van der Waals surface area contributed by atoms with Crippen molar-refractivity contribution in [2.75, 3.05) is 32.8 Å². The van der Waals surface area contributed by atoms with Crippen LogP contribution in [0.3, 0.4) is 0 Å². The van der Waals surface area contributed by atoms with E-state index in [9.17, 15) is 14.7 Å². The summed E-state index contributed by atoms with van der Waals surface area (Å²) in [5.41, 5.74) is 0.496. The second kappa shape index (κ2) is 9.63. The lowest BCUT2D eigenvalue weighted by atomic mass is 9.99. The van der Waals surface area contributed by atoms with Crippen LogP contribution in [0.4, 0.5) is 0 Å². The van der Waals surface area contributed by atoms with Crippen LogP contribution in [0.15, 0.2) is 52.7 Å². The Kier molecular flexibility index (Phi) is 6.95. The molecule has 1 aromatic carbocycles. The van der Waals surface area contributed by atoms with Gasteiger partial charge in [0, 0.05) is 5.56 Å². The molecule has 1 amide bonds. The second-order valence-electron chi connectivity index (χ2n) is 7.17. The molecular weight excluding hydrogens is 384 g/mol. The number of amides is 1. The van der Waals surface area contributed by atoms with Crippen molar-refractivity contribution in [3.63, 3.8) is 0 Å².